The minimum absolute atomic E-state index is 0.103. The number of aromatic nitrogens is 2. The highest BCUT2D eigenvalue weighted by atomic mass is 19.1. The molecule has 1 saturated heterocycles. The lowest BCUT2D eigenvalue weighted by atomic mass is 10.1. The van der Waals surface area contributed by atoms with E-state index in [1.807, 2.05) is 0 Å². The zero-order chi connectivity index (χ0) is 19.7. The monoisotopic (exact) mass is 390 g/mol. The van der Waals surface area contributed by atoms with Crippen LogP contribution >= 0.6 is 0 Å². The van der Waals surface area contributed by atoms with Gasteiger partial charge in [0.25, 0.3) is 5.88 Å². The molecule has 0 saturated carbocycles. The second-order valence-electron chi connectivity index (χ2n) is 6.60. The number of fused-ring (bicyclic) bond motifs is 1. The molecule has 1 fully saturated rings. The van der Waals surface area contributed by atoms with Crippen LogP contribution in [0.3, 0.4) is 0 Å². The van der Waals surface area contributed by atoms with Gasteiger partial charge in [0, 0.05) is 30.9 Å². The van der Waals surface area contributed by atoms with Gasteiger partial charge in [0.15, 0.2) is 5.82 Å². The molecule has 1 amide bonds. The van der Waals surface area contributed by atoms with Gasteiger partial charge < -0.3 is 19.3 Å². The first-order chi connectivity index (χ1) is 13.6. The van der Waals surface area contributed by atoms with Gasteiger partial charge in [0.2, 0.25) is 11.7 Å². The second-order valence-corrected chi connectivity index (χ2v) is 6.60. The molecule has 2 aliphatic heterocycles. The van der Waals surface area contributed by atoms with Crippen LogP contribution in [0.5, 0.6) is 5.88 Å². The Labute approximate surface area is 160 Å². The quantitative estimate of drug-likeness (QED) is 0.792. The van der Waals surface area contributed by atoms with Crippen molar-refractivity contribution in [2.75, 3.05) is 49.8 Å². The maximum Gasteiger partial charge on any atom is 0.255 e. The van der Waals surface area contributed by atoms with E-state index in [-0.39, 0.29) is 35.7 Å². The van der Waals surface area contributed by atoms with Crippen molar-refractivity contribution in [2.45, 2.75) is 12.8 Å². The molecule has 7 nitrogen and oxygen atoms in total. The highest BCUT2D eigenvalue weighted by Crippen LogP contribution is 2.31. The fraction of sp³-hybridized carbons (Fsp3) is 0.421. The highest BCUT2D eigenvalue weighted by molar-refractivity contribution is 5.96. The number of anilines is 2. The average Bonchev–Trinajstić information content (AvgIpc) is 3.15. The summed E-state index contributed by atoms with van der Waals surface area (Å²) in [5.74, 6) is -1.19. The van der Waals surface area contributed by atoms with Crippen molar-refractivity contribution in [3.63, 3.8) is 0 Å². The van der Waals surface area contributed by atoms with Crippen molar-refractivity contribution < 1.29 is 23.0 Å². The Balaban J connectivity index is 1.60. The number of benzene rings is 1. The summed E-state index contributed by atoms with van der Waals surface area (Å²) < 4.78 is 38.9. The van der Waals surface area contributed by atoms with Gasteiger partial charge in [-0.3, -0.25) is 4.79 Å². The van der Waals surface area contributed by atoms with E-state index in [1.165, 1.54) is 18.1 Å². The van der Waals surface area contributed by atoms with Crippen molar-refractivity contribution in [2.24, 2.45) is 0 Å². The fourth-order valence-electron chi connectivity index (χ4n) is 3.54. The number of morpholine rings is 1. The Morgan fingerprint density at radius 1 is 1.21 bits per heavy atom. The summed E-state index contributed by atoms with van der Waals surface area (Å²) in [5, 5.41) is 0. The van der Waals surface area contributed by atoms with Crippen LogP contribution in [0.25, 0.3) is 0 Å². The van der Waals surface area contributed by atoms with E-state index in [2.05, 4.69) is 9.97 Å². The molecular formula is C19H20F2N4O3. The van der Waals surface area contributed by atoms with Crippen molar-refractivity contribution in [3.8, 4) is 5.88 Å². The van der Waals surface area contributed by atoms with E-state index < -0.39 is 5.82 Å². The Kier molecular flexibility index (Phi) is 5.08. The number of amides is 1. The molecule has 148 valence electrons. The molecule has 4 rings (SSSR count). The summed E-state index contributed by atoms with van der Waals surface area (Å²) in [6.07, 6.45) is 0.324. The zero-order valence-electron chi connectivity index (χ0n) is 15.5. The van der Waals surface area contributed by atoms with Crippen LogP contribution in [0.2, 0.25) is 0 Å². The first-order valence-electron chi connectivity index (χ1n) is 9.09. The lowest BCUT2D eigenvalue weighted by Crippen LogP contribution is -2.38. The van der Waals surface area contributed by atoms with Crippen molar-refractivity contribution in [1.29, 1.82) is 0 Å². The number of carbonyl (C=O) groups excluding carboxylic acids is 1. The number of rotatable bonds is 4. The first kappa shape index (κ1) is 18.5. The van der Waals surface area contributed by atoms with Gasteiger partial charge in [0.05, 0.1) is 26.7 Å². The van der Waals surface area contributed by atoms with Gasteiger partial charge >= 0.3 is 0 Å². The first-order valence-corrected chi connectivity index (χ1v) is 9.09. The summed E-state index contributed by atoms with van der Waals surface area (Å²) in [7, 11) is 1.32. The normalized spacial score (nSPS) is 16.2. The third kappa shape index (κ3) is 3.37. The van der Waals surface area contributed by atoms with Crippen LogP contribution in [0.15, 0.2) is 18.2 Å². The Hall–Kier alpha value is -2.81. The molecule has 0 aliphatic carbocycles. The van der Waals surface area contributed by atoms with Crippen LogP contribution in [0.4, 0.5) is 20.3 Å². The summed E-state index contributed by atoms with van der Waals surface area (Å²) in [5.41, 5.74) is 1.09. The van der Waals surface area contributed by atoms with Crippen molar-refractivity contribution in [3.05, 3.63) is 41.2 Å². The van der Waals surface area contributed by atoms with Crippen LogP contribution in [-0.4, -0.2) is 55.8 Å². The predicted octanol–water partition coefficient (Wildman–Crippen LogP) is 1.73. The third-order valence-corrected chi connectivity index (χ3v) is 4.93. The van der Waals surface area contributed by atoms with Gasteiger partial charge in [-0.15, -0.1) is 0 Å². The van der Waals surface area contributed by atoms with Gasteiger partial charge in [0.1, 0.15) is 11.6 Å². The lowest BCUT2D eigenvalue weighted by molar-refractivity contribution is -0.118. The Bertz CT molecular complexity index is 903. The molecule has 28 heavy (non-hydrogen) atoms. The number of hydrogen-bond donors (Lipinski definition) is 0. The standard InChI is InChI=1S/C19H20F2N4O3/c1-27-19-17(21)18(24-7-9-28-10-8-24)22-15(23-19)11-16(26)25-6-5-12-13(20)3-2-4-14(12)25/h2-4H,5-11H2,1H3. The van der Waals surface area contributed by atoms with E-state index in [0.29, 0.717) is 50.5 Å². The number of nitrogens with zero attached hydrogens (tertiary/aromatic N) is 4. The molecule has 0 N–H and O–H groups in total. The fourth-order valence-corrected chi connectivity index (χ4v) is 3.54. The molecule has 0 atom stereocenters. The molecule has 9 heteroatoms. The summed E-state index contributed by atoms with van der Waals surface area (Å²) >= 11 is 0. The minimum Gasteiger partial charge on any atom is -0.479 e. The van der Waals surface area contributed by atoms with E-state index in [4.69, 9.17) is 9.47 Å². The smallest absolute Gasteiger partial charge is 0.255 e. The topological polar surface area (TPSA) is 67.8 Å². The van der Waals surface area contributed by atoms with Crippen molar-refractivity contribution >= 4 is 17.4 Å². The lowest BCUT2D eigenvalue weighted by Gasteiger charge is -2.28. The Morgan fingerprint density at radius 3 is 2.75 bits per heavy atom. The molecule has 0 unspecified atom stereocenters. The molecule has 0 spiro atoms. The molecule has 3 heterocycles. The molecule has 0 bridgehead atoms. The average molecular weight is 390 g/mol. The van der Waals surface area contributed by atoms with Gasteiger partial charge in [-0.05, 0) is 18.6 Å². The van der Waals surface area contributed by atoms with Crippen LogP contribution < -0.4 is 14.5 Å². The highest BCUT2D eigenvalue weighted by Gasteiger charge is 2.29. The van der Waals surface area contributed by atoms with Gasteiger partial charge in [-0.25, -0.2) is 9.37 Å². The molecule has 0 radical (unpaired) electrons. The SMILES string of the molecule is COc1nc(CC(=O)N2CCc3c(F)cccc32)nc(N2CCOCC2)c1F. The molecule has 1 aromatic heterocycles. The van der Waals surface area contributed by atoms with E-state index >= 15 is 0 Å². The largest absolute Gasteiger partial charge is 0.479 e. The zero-order valence-corrected chi connectivity index (χ0v) is 15.5. The van der Waals surface area contributed by atoms with Crippen LogP contribution in [-0.2, 0) is 22.4 Å². The number of carbonyl (C=O) groups is 1. The third-order valence-electron chi connectivity index (χ3n) is 4.93. The number of ether oxygens (including phenoxy) is 2. The Morgan fingerprint density at radius 2 is 2.00 bits per heavy atom. The molecular weight excluding hydrogens is 370 g/mol. The summed E-state index contributed by atoms with van der Waals surface area (Å²) in [4.78, 5) is 24.4. The number of halogens is 2. The minimum atomic E-state index is -0.658. The molecule has 2 aliphatic rings. The number of methoxy groups -OCH3 is 1. The molecule has 2 aromatic rings. The van der Waals surface area contributed by atoms with Crippen LogP contribution in [0.1, 0.15) is 11.4 Å². The summed E-state index contributed by atoms with van der Waals surface area (Å²) in [6.45, 7) is 2.31. The maximum atomic E-state index is 14.6. The van der Waals surface area contributed by atoms with E-state index in [0.717, 1.165) is 0 Å². The maximum absolute atomic E-state index is 14.6. The second kappa shape index (κ2) is 7.67. The van der Waals surface area contributed by atoms with Gasteiger partial charge in [-0.2, -0.15) is 9.37 Å². The van der Waals surface area contributed by atoms with Crippen molar-refractivity contribution in [1.82, 2.24) is 9.97 Å². The van der Waals surface area contributed by atoms with Gasteiger partial charge in [-0.1, -0.05) is 6.07 Å². The van der Waals surface area contributed by atoms with E-state index in [1.54, 1.807) is 17.0 Å². The molecule has 1 aromatic carbocycles. The number of hydrogen-bond acceptors (Lipinski definition) is 6. The summed E-state index contributed by atoms with van der Waals surface area (Å²) in [6, 6.07) is 4.68. The predicted molar refractivity (Wildman–Crippen MR) is 97.7 cm³/mol. The van der Waals surface area contributed by atoms with Crippen LogP contribution in [0, 0.1) is 11.6 Å². The van der Waals surface area contributed by atoms with E-state index in [9.17, 15) is 13.6 Å².